The van der Waals surface area contributed by atoms with E-state index in [1.54, 1.807) is 18.2 Å². The van der Waals surface area contributed by atoms with Gasteiger partial charge in [0.25, 0.3) is 5.91 Å². The molecule has 0 heterocycles. The summed E-state index contributed by atoms with van der Waals surface area (Å²) in [5.41, 5.74) is 3.19. The summed E-state index contributed by atoms with van der Waals surface area (Å²) in [7, 11) is 0. The lowest BCUT2D eigenvalue weighted by Gasteiger charge is -2.12. The summed E-state index contributed by atoms with van der Waals surface area (Å²) in [6, 6.07) is 12.9. The maximum atomic E-state index is 12.4. The minimum Gasteiger partial charge on any atom is -0.385 e. The first-order valence-corrected chi connectivity index (χ1v) is 6.89. The molecular weight excluding hydrogens is 272 g/mol. The number of hydrogen-bond acceptors (Lipinski definition) is 2. The second-order valence-electron chi connectivity index (χ2n) is 4.54. The molecule has 0 fully saturated rings. The molecule has 0 atom stereocenters. The molecule has 0 saturated heterocycles. The van der Waals surface area contributed by atoms with Crippen LogP contribution in [0, 0.1) is 6.92 Å². The molecule has 0 saturated carbocycles. The molecule has 1 amide bonds. The lowest BCUT2D eigenvalue weighted by molar-refractivity contribution is 0.102. The fraction of sp³-hybridized carbons (Fsp3) is 0.188. The monoisotopic (exact) mass is 288 g/mol. The molecule has 0 aliphatic rings. The van der Waals surface area contributed by atoms with Crippen molar-refractivity contribution in [2.24, 2.45) is 0 Å². The van der Waals surface area contributed by atoms with Crippen molar-refractivity contribution in [3.05, 3.63) is 58.6 Å². The van der Waals surface area contributed by atoms with Crippen LogP contribution in [0.5, 0.6) is 0 Å². The summed E-state index contributed by atoms with van der Waals surface area (Å²) < 4.78 is 0. The van der Waals surface area contributed by atoms with Crippen molar-refractivity contribution in [2.75, 3.05) is 17.2 Å². The molecule has 0 spiro atoms. The van der Waals surface area contributed by atoms with Gasteiger partial charge in [0.1, 0.15) is 0 Å². The van der Waals surface area contributed by atoms with Crippen LogP contribution >= 0.6 is 11.6 Å². The first-order valence-electron chi connectivity index (χ1n) is 6.51. The van der Waals surface area contributed by atoms with Gasteiger partial charge in [0.2, 0.25) is 0 Å². The van der Waals surface area contributed by atoms with Gasteiger partial charge in [0.05, 0.1) is 5.56 Å². The standard InChI is InChI=1S/C16H17ClN2O/c1-3-18-15-8-7-11(2)9-14(15)16(20)19-13-6-4-5-12(17)10-13/h4-10,18H,3H2,1-2H3,(H,19,20). The number of rotatable bonds is 4. The number of hydrogen-bond donors (Lipinski definition) is 2. The molecule has 104 valence electrons. The number of benzene rings is 2. The van der Waals surface area contributed by atoms with Crippen LogP contribution in [0.3, 0.4) is 0 Å². The van der Waals surface area contributed by atoms with Gasteiger partial charge in [-0.2, -0.15) is 0 Å². The van der Waals surface area contributed by atoms with Gasteiger partial charge in [-0.05, 0) is 44.2 Å². The zero-order chi connectivity index (χ0) is 14.5. The van der Waals surface area contributed by atoms with Crippen molar-refractivity contribution >= 4 is 28.9 Å². The van der Waals surface area contributed by atoms with Crippen molar-refractivity contribution in [3.8, 4) is 0 Å². The smallest absolute Gasteiger partial charge is 0.257 e. The topological polar surface area (TPSA) is 41.1 Å². The highest BCUT2D eigenvalue weighted by Crippen LogP contribution is 2.20. The van der Waals surface area contributed by atoms with Gasteiger partial charge in [-0.1, -0.05) is 29.3 Å². The van der Waals surface area contributed by atoms with Crippen LogP contribution in [-0.2, 0) is 0 Å². The average molecular weight is 289 g/mol. The molecule has 0 bridgehead atoms. The lowest BCUT2D eigenvalue weighted by Crippen LogP contribution is -2.15. The molecule has 0 aliphatic heterocycles. The van der Waals surface area contributed by atoms with Crippen LogP contribution in [0.25, 0.3) is 0 Å². The van der Waals surface area contributed by atoms with E-state index in [-0.39, 0.29) is 5.91 Å². The molecule has 20 heavy (non-hydrogen) atoms. The highest BCUT2D eigenvalue weighted by molar-refractivity contribution is 6.31. The summed E-state index contributed by atoms with van der Waals surface area (Å²) in [6.07, 6.45) is 0. The minimum atomic E-state index is -0.146. The van der Waals surface area contributed by atoms with Crippen LogP contribution in [0.4, 0.5) is 11.4 Å². The Balaban J connectivity index is 2.26. The number of carbonyl (C=O) groups excluding carboxylic acids is 1. The van der Waals surface area contributed by atoms with Crippen LogP contribution in [0.2, 0.25) is 5.02 Å². The van der Waals surface area contributed by atoms with E-state index in [4.69, 9.17) is 11.6 Å². The fourth-order valence-corrected chi connectivity index (χ4v) is 2.15. The van der Waals surface area contributed by atoms with E-state index >= 15 is 0 Å². The SMILES string of the molecule is CCNc1ccc(C)cc1C(=O)Nc1cccc(Cl)c1. The van der Waals surface area contributed by atoms with Crippen LogP contribution in [0.1, 0.15) is 22.8 Å². The largest absolute Gasteiger partial charge is 0.385 e. The third kappa shape index (κ3) is 3.52. The van der Waals surface area contributed by atoms with Crippen LogP contribution in [0.15, 0.2) is 42.5 Å². The second-order valence-corrected chi connectivity index (χ2v) is 4.98. The third-order valence-electron chi connectivity index (χ3n) is 2.87. The molecule has 2 rings (SSSR count). The first kappa shape index (κ1) is 14.4. The van der Waals surface area contributed by atoms with Crippen LogP contribution in [-0.4, -0.2) is 12.5 Å². The number of amides is 1. The minimum absolute atomic E-state index is 0.146. The number of aryl methyl sites for hydroxylation is 1. The molecule has 2 aromatic rings. The number of halogens is 1. The molecule has 0 radical (unpaired) electrons. The quantitative estimate of drug-likeness (QED) is 0.879. The summed E-state index contributed by atoms with van der Waals surface area (Å²) >= 11 is 5.92. The molecule has 0 unspecified atom stereocenters. The molecule has 0 aliphatic carbocycles. The molecule has 3 nitrogen and oxygen atoms in total. The van der Waals surface area contributed by atoms with Gasteiger partial charge < -0.3 is 10.6 Å². The van der Waals surface area contributed by atoms with E-state index in [0.29, 0.717) is 16.3 Å². The van der Waals surface area contributed by atoms with Crippen molar-refractivity contribution in [3.63, 3.8) is 0 Å². The Morgan fingerprint density at radius 1 is 1.20 bits per heavy atom. The Hall–Kier alpha value is -2.00. The number of anilines is 2. The Bertz CT molecular complexity index is 626. The summed E-state index contributed by atoms with van der Waals surface area (Å²) in [4.78, 5) is 12.4. The average Bonchev–Trinajstić information content (AvgIpc) is 2.41. The van der Waals surface area contributed by atoms with Crippen LogP contribution < -0.4 is 10.6 Å². The molecule has 4 heteroatoms. The van der Waals surface area contributed by atoms with E-state index in [2.05, 4.69) is 10.6 Å². The first-order chi connectivity index (χ1) is 9.60. The van der Waals surface area contributed by atoms with E-state index in [1.807, 2.05) is 38.1 Å². The van der Waals surface area contributed by atoms with E-state index < -0.39 is 0 Å². The van der Waals surface area contributed by atoms with Crippen molar-refractivity contribution in [1.82, 2.24) is 0 Å². The van der Waals surface area contributed by atoms with Crippen molar-refractivity contribution in [2.45, 2.75) is 13.8 Å². The van der Waals surface area contributed by atoms with Gasteiger partial charge in [-0.15, -0.1) is 0 Å². The second kappa shape index (κ2) is 6.44. The lowest BCUT2D eigenvalue weighted by atomic mass is 10.1. The van der Waals surface area contributed by atoms with Gasteiger partial charge in [0, 0.05) is 22.9 Å². The van der Waals surface area contributed by atoms with Gasteiger partial charge >= 0.3 is 0 Å². The predicted octanol–water partition coefficient (Wildman–Crippen LogP) is 4.33. The van der Waals surface area contributed by atoms with E-state index in [0.717, 1.165) is 17.8 Å². The van der Waals surface area contributed by atoms with Gasteiger partial charge in [-0.3, -0.25) is 4.79 Å². The summed E-state index contributed by atoms with van der Waals surface area (Å²) in [5.74, 6) is -0.146. The number of nitrogens with one attached hydrogen (secondary N) is 2. The van der Waals surface area contributed by atoms with E-state index in [1.165, 1.54) is 0 Å². The molecule has 2 aromatic carbocycles. The normalized spacial score (nSPS) is 10.2. The number of carbonyl (C=O) groups is 1. The molecular formula is C16H17ClN2O. The Labute approximate surface area is 124 Å². The Morgan fingerprint density at radius 2 is 2.00 bits per heavy atom. The van der Waals surface area contributed by atoms with E-state index in [9.17, 15) is 4.79 Å². The molecule has 2 N–H and O–H groups in total. The van der Waals surface area contributed by atoms with Gasteiger partial charge in [-0.25, -0.2) is 0 Å². The predicted molar refractivity (Wildman–Crippen MR) is 84.7 cm³/mol. The highest BCUT2D eigenvalue weighted by Gasteiger charge is 2.11. The molecule has 0 aromatic heterocycles. The van der Waals surface area contributed by atoms with Gasteiger partial charge in [0.15, 0.2) is 0 Å². The fourth-order valence-electron chi connectivity index (χ4n) is 1.96. The Kier molecular flexibility index (Phi) is 4.64. The van der Waals surface area contributed by atoms with Crippen molar-refractivity contribution < 1.29 is 4.79 Å². The Morgan fingerprint density at radius 3 is 2.70 bits per heavy atom. The summed E-state index contributed by atoms with van der Waals surface area (Å²) in [6.45, 7) is 4.73. The van der Waals surface area contributed by atoms with Crippen molar-refractivity contribution in [1.29, 1.82) is 0 Å². The maximum Gasteiger partial charge on any atom is 0.257 e. The maximum absolute atomic E-state index is 12.4. The zero-order valence-corrected chi connectivity index (χ0v) is 12.3. The summed E-state index contributed by atoms with van der Waals surface area (Å²) in [5, 5.41) is 6.65. The third-order valence-corrected chi connectivity index (χ3v) is 3.10. The highest BCUT2D eigenvalue weighted by atomic mass is 35.5. The zero-order valence-electron chi connectivity index (χ0n) is 11.5.